The monoisotopic (exact) mass is 561 g/mol. The Bertz CT molecular complexity index is 1620. The van der Waals surface area contributed by atoms with Gasteiger partial charge in [-0.2, -0.15) is 18.3 Å². The van der Waals surface area contributed by atoms with Crippen molar-refractivity contribution < 1.29 is 27.5 Å². The lowest BCUT2D eigenvalue weighted by molar-refractivity contribution is -0.192. The molecule has 14 heteroatoms. The van der Waals surface area contributed by atoms with E-state index < -0.39 is 12.1 Å². The van der Waals surface area contributed by atoms with Crippen molar-refractivity contribution in [3.05, 3.63) is 77.3 Å². The van der Waals surface area contributed by atoms with Gasteiger partial charge in [-0.05, 0) is 59.9 Å². The van der Waals surface area contributed by atoms with Crippen LogP contribution < -0.4 is 5.32 Å². The maximum Gasteiger partial charge on any atom is 0.490 e. The summed E-state index contributed by atoms with van der Waals surface area (Å²) in [7, 11) is 0. The largest absolute Gasteiger partial charge is 0.490 e. The maximum absolute atomic E-state index is 14.2. The smallest absolute Gasteiger partial charge is 0.475 e. The Labute approximate surface area is 223 Å². The maximum atomic E-state index is 14.2. The van der Waals surface area contributed by atoms with Gasteiger partial charge in [-0.1, -0.05) is 23.7 Å². The number of carbonyl (C=O) groups is 1. The van der Waals surface area contributed by atoms with Crippen LogP contribution in [-0.4, -0.2) is 47.4 Å². The summed E-state index contributed by atoms with van der Waals surface area (Å²) in [4.78, 5) is 24.7. The zero-order chi connectivity index (χ0) is 28.3. The SMILES string of the molecule is Cc1c(Cl)cc(C(C)Nc2ncnc3[nH]cnc23)c(-c2cccc(F)c2)c1-c1cn[nH]c1.O=C(O)C(F)(F)F. The molecular formula is C25H20ClF4N7O2. The van der Waals surface area contributed by atoms with E-state index in [4.69, 9.17) is 21.5 Å². The number of nitrogens with zero attached hydrogens (tertiary/aromatic N) is 4. The molecule has 0 aliphatic carbocycles. The van der Waals surface area contributed by atoms with E-state index >= 15 is 0 Å². The van der Waals surface area contributed by atoms with Crippen molar-refractivity contribution in [2.75, 3.05) is 5.32 Å². The number of hydrogen-bond donors (Lipinski definition) is 4. The Hall–Kier alpha value is -4.52. The summed E-state index contributed by atoms with van der Waals surface area (Å²) in [6.45, 7) is 3.95. The van der Waals surface area contributed by atoms with E-state index in [0.717, 1.165) is 33.4 Å². The molecular weight excluding hydrogens is 542 g/mol. The standard InChI is InChI=1S/C23H19ClFN7.C2HF3O2/c1-12-18(24)7-17(13(2)32-23-21-22(27-10-26-21)28-11-29-23)20(14-4-3-5-16(25)6-14)19(12)15-8-30-31-9-15;3-2(4,5)1(6)7/h3-11,13H,1-2H3,(H,30,31)(H2,26,27,28,29,32);(H,6,7). The minimum absolute atomic E-state index is 0.230. The number of halogens is 5. The highest BCUT2D eigenvalue weighted by Crippen LogP contribution is 2.43. The quantitative estimate of drug-likeness (QED) is 0.185. The number of carboxylic acid groups (broad SMARTS) is 1. The number of alkyl halides is 3. The summed E-state index contributed by atoms with van der Waals surface area (Å²) in [6.07, 6.45) is 1.51. The van der Waals surface area contributed by atoms with Gasteiger partial charge in [-0.15, -0.1) is 0 Å². The van der Waals surface area contributed by atoms with Gasteiger partial charge in [-0.3, -0.25) is 5.10 Å². The van der Waals surface area contributed by atoms with E-state index in [1.165, 1.54) is 18.5 Å². The van der Waals surface area contributed by atoms with E-state index in [1.807, 2.05) is 26.0 Å². The normalized spacial score (nSPS) is 12.1. The van der Waals surface area contributed by atoms with Crippen molar-refractivity contribution in [1.29, 1.82) is 0 Å². The first-order valence-electron chi connectivity index (χ1n) is 11.3. The topological polar surface area (TPSA) is 132 Å². The second-order valence-electron chi connectivity index (χ2n) is 8.31. The molecule has 1 atom stereocenters. The number of nitrogens with one attached hydrogen (secondary N) is 3. The van der Waals surface area contributed by atoms with E-state index in [-0.39, 0.29) is 11.9 Å². The highest BCUT2D eigenvalue weighted by Gasteiger charge is 2.38. The third kappa shape index (κ3) is 5.98. The fraction of sp³-hybridized carbons (Fsp3) is 0.160. The number of aliphatic carboxylic acids is 1. The number of fused-ring (bicyclic) bond motifs is 1. The molecule has 9 nitrogen and oxygen atoms in total. The molecule has 0 aliphatic rings. The lowest BCUT2D eigenvalue weighted by Gasteiger charge is -2.23. The summed E-state index contributed by atoms with van der Waals surface area (Å²) < 4.78 is 46.0. The number of carboxylic acids is 1. The number of aromatic nitrogens is 6. The summed E-state index contributed by atoms with van der Waals surface area (Å²) >= 11 is 6.68. The average molecular weight is 562 g/mol. The van der Waals surface area contributed by atoms with Crippen LogP contribution in [0.2, 0.25) is 5.02 Å². The molecule has 39 heavy (non-hydrogen) atoms. The molecule has 0 saturated carbocycles. The van der Waals surface area contributed by atoms with Gasteiger partial charge in [0.2, 0.25) is 0 Å². The number of benzene rings is 2. The Morgan fingerprint density at radius 2 is 1.87 bits per heavy atom. The van der Waals surface area contributed by atoms with Gasteiger partial charge >= 0.3 is 12.1 Å². The van der Waals surface area contributed by atoms with Crippen molar-refractivity contribution in [2.24, 2.45) is 0 Å². The van der Waals surface area contributed by atoms with E-state index in [0.29, 0.717) is 22.0 Å². The average Bonchev–Trinajstić information content (AvgIpc) is 3.58. The van der Waals surface area contributed by atoms with Gasteiger partial charge < -0.3 is 15.4 Å². The summed E-state index contributed by atoms with van der Waals surface area (Å²) in [5.41, 5.74) is 6.45. The van der Waals surface area contributed by atoms with E-state index in [9.17, 15) is 17.6 Å². The molecule has 3 aromatic heterocycles. The van der Waals surface area contributed by atoms with Crippen LogP contribution >= 0.6 is 11.6 Å². The summed E-state index contributed by atoms with van der Waals surface area (Å²) in [5, 5.41) is 18.1. The molecule has 0 spiro atoms. The van der Waals surface area contributed by atoms with E-state index in [2.05, 4.69) is 35.5 Å². The first kappa shape index (κ1) is 27.5. The molecule has 0 amide bonds. The number of imidazole rings is 1. The number of aromatic amines is 2. The molecule has 0 fully saturated rings. The molecule has 1 unspecified atom stereocenters. The lowest BCUT2D eigenvalue weighted by Crippen LogP contribution is -2.21. The highest BCUT2D eigenvalue weighted by molar-refractivity contribution is 6.32. The molecule has 4 N–H and O–H groups in total. The van der Waals surface area contributed by atoms with Gasteiger partial charge in [0, 0.05) is 16.8 Å². The Morgan fingerprint density at radius 1 is 1.13 bits per heavy atom. The van der Waals surface area contributed by atoms with Crippen LogP contribution in [0.1, 0.15) is 24.1 Å². The van der Waals surface area contributed by atoms with Crippen molar-refractivity contribution in [3.63, 3.8) is 0 Å². The van der Waals surface area contributed by atoms with Crippen LogP contribution in [0.25, 0.3) is 33.4 Å². The van der Waals surface area contributed by atoms with Gasteiger partial charge in [0.1, 0.15) is 17.7 Å². The van der Waals surface area contributed by atoms with Crippen molar-refractivity contribution in [3.8, 4) is 22.3 Å². The van der Waals surface area contributed by atoms with Crippen LogP contribution in [-0.2, 0) is 4.79 Å². The van der Waals surface area contributed by atoms with Crippen molar-refractivity contribution >= 4 is 34.6 Å². The molecule has 5 rings (SSSR count). The van der Waals surface area contributed by atoms with Crippen LogP contribution in [0.15, 0.2) is 55.4 Å². The number of anilines is 1. The third-order valence-corrected chi connectivity index (χ3v) is 6.13. The van der Waals surface area contributed by atoms with Gasteiger partial charge in [0.05, 0.1) is 18.6 Å². The second-order valence-corrected chi connectivity index (χ2v) is 8.72. The fourth-order valence-electron chi connectivity index (χ4n) is 3.97. The third-order valence-electron chi connectivity index (χ3n) is 5.73. The minimum atomic E-state index is -5.08. The minimum Gasteiger partial charge on any atom is -0.475 e. The van der Waals surface area contributed by atoms with E-state index in [1.54, 1.807) is 24.8 Å². The molecule has 0 aliphatic heterocycles. The first-order chi connectivity index (χ1) is 18.5. The van der Waals surface area contributed by atoms with Crippen LogP contribution in [0.4, 0.5) is 23.4 Å². The molecule has 202 valence electrons. The summed E-state index contributed by atoms with van der Waals surface area (Å²) in [5.74, 6) is -2.48. The molecule has 0 radical (unpaired) electrons. The van der Waals surface area contributed by atoms with Crippen LogP contribution in [0.5, 0.6) is 0 Å². The number of hydrogen-bond acceptors (Lipinski definition) is 6. The van der Waals surface area contributed by atoms with Gasteiger partial charge in [-0.25, -0.2) is 24.1 Å². The number of H-pyrrole nitrogens is 2. The molecule has 5 aromatic rings. The Balaban J connectivity index is 0.000000448. The van der Waals surface area contributed by atoms with Crippen molar-refractivity contribution in [1.82, 2.24) is 30.1 Å². The molecule has 0 saturated heterocycles. The molecule has 3 heterocycles. The van der Waals surface area contributed by atoms with Crippen LogP contribution in [0, 0.1) is 12.7 Å². The Kier molecular flexibility index (Phi) is 7.81. The highest BCUT2D eigenvalue weighted by atomic mass is 35.5. The number of rotatable bonds is 5. The summed E-state index contributed by atoms with van der Waals surface area (Å²) in [6, 6.07) is 8.24. The van der Waals surface area contributed by atoms with Gasteiger partial charge in [0.25, 0.3) is 0 Å². The first-order valence-corrected chi connectivity index (χ1v) is 11.6. The Morgan fingerprint density at radius 3 is 2.51 bits per heavy atom. The lowest BCUT2D eigenvalue weighted by atomic mass is 9.86. The molecule has 2 aromatic carbocycles. The van der Waals surface area contributed by atoms with Gasteiger partial charge in [0.15, 0.2) is 11.5 Å². The zero-order valence-electron chi connectivity index (χ0n) is 20.3. The van der Waals surface area contributed by atoms with Crippen molar-refractivity contribution in [2.45, 2.75) is 26.1 Å². The predicted molar refractivity (Wildman–Crippen MR) is 137 cm³/mol. The zero-order valence-corrected chi connectivity index (χ0v) is 21.1. The predicted octanol–water partition coefficient (Wildman–Crippen LogP) is 6.32. The second kappa shape index (κ2) is 11.1. The fourth-order valence-corrected chi connectivity index (χ4v) is 4.18. The van der Waals surface area contributed by atoms with Crippen LogP contribution in [0.3, 0.4) is 0 Å². The molecule has 0 bridgehead atoms.